The number of thiazole rings is 1. The van der Waals surface area contributed by atoms with Crippen LogP contribution in [0.25, 0.3) is 21.6 Å². The Labute approximate surface area is 169 Å². The van der Waals surface area contributed by atoms with Crippen molar-refractivity contribution in [3.8, 4) is 11.4 Å². The Kier molecular flexibility index (Phi) is 4.24. The second-order valence-corrected chi connectivity index (χ2v) is 8.18. The van der Waals surface area contributed by atoms with Crippen molar-refractivity contribution in [2.75, 3.05) is 5.32 Å². The maximum absolute atomic E-state index is 12.9. The second-order valence-electron chi connectivity index (χ2n) is 7.15. The Hall–Kier alpha value is -3.33. The molecule has 5 rings (SSSR count). The largest absolute Gasteiger partial charge is 0.346 e. The summed E-state index contributed by atoms with van der Waals surface area (Å²) < 4.78 is 3.90. The van der Waals surface area contributed by atoms with Crippen LogP contribution < -0.4 is 11.0 Å². The number of nitrogens with one attached hydrogen (secondary N) is 1. The van der Waals surface area contributed by atoms with Crippen LogP contribution in [0, 0.1) is 6.92 Å². The Morgan fingerprint density at radius 1 is 1.31 bits per heavy atom. The topological polar surface area (TPSA) is 94.7 Å². The predicted octanol–water partition coefficient (Wildman–Crippen LogP) is 3.00. The number of hydrogen-bond acceptors (Lipinski definition) is 6. The van der Waals surface area contributed by atoms with Gasteiger partial charge in [0.05, 0.1) is 10.2 Å². The van der Waals surface area contributed by atoms with Gasteiger partial charge in [-0.05, 0) is 49.6 Å². The molecular formula is C20H18N6O2S. The Morgan fingerprint density at radius 3 is 2.93 bits per heavy atom. The number of anilines is 1. The highest BCUT2D eigenvalue weighted by Crippen LogP contribution is 2.36. The molecule has 1 amide bonds. The van der Waals surface area contributed by atoms with E-state index < -0.39 is 0 Å². The first kappa shape index (κ1) is 17.7. The van der Waals surface area contributed by atoms with Gasteiger partial charge in [-0.1, -0.05) is 17.4 Å². The molecule has 1 saturated carbocycles. The van der Waals surface area contributed by atoms with E-state index in [0.717, 1.165) is 34.2 Å². The monoisotopic (exact) mass is 406 g/mol. The number of amides is 1. The molecule has 1 aliphatic carbocycles. The number of rotatable bonds is 5. The number of aromatic nitrogens is 5. The lowest BCUT2D eigenvalue weighted by atomic mass is 10.2. The lowest BCUT2D eigenvalue weighted by molar-refractivity contribution is -0.117. The molecule has 0 spiro atoms. The molecule has 0 atom stereocenters. The average Bonchev–Trinajstić information content (AvgIpc) is 3.39. The predicted molar refractivity (Wildman–Crippen MR) is 111 cm³/mol. The highest BCUT2D eigenvalue weighted by molar-refractivity contribution is 7.22. The van der Waals surface area contributed by atoms with Gasteiger partial charge in [0.15, 0.2) is 11.0 Å². The standard InChI is InChI=1S/C20H18N6O2S/c1-12-4-7-15-16(9-12)29-19(22-15)23-17(27)11-25-20(28)26(14-5-6-14)18(24-25)13-3-2-8-21-10-13/h2-4,7-10,14H,5-6,11H2,1H3,(H,22,23,27). The quantitative estimate of drug-likeness (QED) is 0.550. The molecule has 3 aromatic heterocycles. The SMILES string of the molecule is Cc1ccc2nc(NC(=O)Cn3nc(-c4cccnc4)n(C4CC4)c3=O)sc2c1. The second kappa shape index (κ2) is 6.93. The van der Waals surface area contributed by atoms with Crippen molar-refractivity contribution < 1.29 is 4.79 Å². The van der Waals surface area contributed by atoms with Crippen LogP contribution in [-0.4, -0.2) is 30.2 Å². The first-order chi connectivity index (χ1) is 14.1. The summed E-state index contributed by atoms with van der Waals surface area (Å²) in [4.78, 5) is 34.0. The zero-order valence-corrected chi connectivity index (χ0v) is 16.5. The average molecular weight is 406 g/mol. The zero-order valence-electron chi connectivity index (χ0n) is 15.7. The highest BCUT2D eigenvalue weighted by atomic mass is 32.1. The molecule has 4 aromatic rings. The number of hydrogen-bond donors (Lipinski definition) is 1. The van der Waals surface area contributed by atoms with Gasteiger partial charge in [0.25, 0.3) is 0 Å². The molecule has 0 aliphatic heterocycles. The zero-order chi connectivity index (χ0) is 20.0. The van der Waals surface area contributed by atoms with Crippen LogP contribution >= 0.6 is 11.3 Å². The lowest BCUT2D eigenvalue weighted by Gasteiger charge is -2.02. The first-order valence-electron chi connectivity index (χ1n) is 9.35. The van der Waals surface area contributed by atoms with Gasteiger partial charge >= 0.3 is 5.69 Å². The number of carbonyl (C=O) groups is 1. The fraction of sp³-hybridized carbons (Fsp3) is 0.250. The Bertz CT molecular complexity index is 1270. The maximum atomic E-state index is 12.9. The van der Waals surface area contributed by atoms with Crippen LogP contribution in [0.2, 0.25) is 0 Å². The molecule has 29 heavy (non-hydrogen) atoms. The molecule has 1 aliphatic rings. The summed E-state index contributed by atoms with van der Waals surface area (Å²) in [5, 5.41) is 7.73. The molecule has 3 heterocycles. The van der Waals surface area contributed by atoms with Gasteiger partial charge in [-0.3, -0.25) is 14.3 Å². The molecule has 1 aromatic carbocycles. The van der Waals surface area contributed by atoms with Crippen LogP contribution in [0.15, 0.2) is 47.5 Å². The van der Waals surface area contributed by atoms with Crippen molar-refractivity contribution >= 4 is 32.6 Å². The minimum Gasteiger partial charge on any atom is -0.300 e. The van der Waals surface area contributed by atoms with Crippen LogP contribution in [0.1, 0.15) is 24.4 Å². The summed E-state index contributed by atoms with van der Waals surface area (Å²) >= 11 is 1.41. The van der Waals surface area contributed by atoms with E-state index in [-0.39, 0.29) is 24.2 Å². The Morgan fingerprint density at radius 2 is 2.17 bits per heavy atom. The summed E-state index contributed by atoms with van der Waals surface area (Å²) in [5.41, 5.74) is 2.46. The van der Waals surface area contributed by atoms with Crippen LogP contribution in [0.5, 0.6) is 0 Å². The van der Waals surface area contributed by atoms with Crippen molar-refractivity contribution in [3.05, 3.63) is 58.8 Å². The minimum absolute atomic E-state index is 0.141. The van der Waals surface area contributed by atoms with Crippen molar-refractivity contribution in [2.45, 2.75) is 32.4 Å². The van der Waals surface area contributed by atoms with E-state index in [9.17, 15) is 9.59 Å². The van der Waals surface area contributed by atoms with E-state index in [0.29, 0.717) is 11.0 Å². The molecule has 0 radical (unpaired) electrons. The third-order valence-corrected chi connectivity index (χ3v) is 5.72. The maximum Gasteiger partial charge on any atom is 0.346 e. The fourth-order valence-corrected chi connectivity index (χ4v) is 4.24. The molecule has 8 nitrogen and oxygen atoms in total. The summed E-state index contributed by atoms with van der Waals surface area (Å²) in [5.74, 6) is 0.218. The number of nitrogens with zero attached hydrogens (tertiary/aromatic N) is 5. The normalized spacial score (nSPS) is 13.7. The summed E-state index contributed by atoms with van der Waals surface area (Å²) in [7, 11) is 0. The lowest BCUT2D eigenvalue weighted by Crippen LogP contribution is -2.29. The van der Waals surface area contributed by atoms with Gasteiger partial charge in [0, 0.05) is 24.0 Å². The van der Waals surface area contributed by atoms with Crippen LogP contribution in [0.3, 0.4) is 0 Å². The number of aryl methyl sites for hydroxylation is 1. The molecular weight excluding hydrogens is 388 g/mol. The number of pyridine rings is 1. The van der Waals surface area contributed by atoms with E-state index in [4.69, 9.17) is 0 Å². The third kappa shape index (κ3) is 3.44. The van der Waals surface area contributed by atoms with E-state index >= 15 is 0 Å². The number of fused-ring (bicyclic) bond motifs is 1. The van der Waals surface area contributed by atoms with Crippen LogP contribution in [0.4, 0.5) is 5.13 Å². The van der Waals surface area contributed by atoms with Crippen molar-refractivity contribution in [2.24, 2.45) is 0 Å². The van der Waals surface area contributed by atoms with E-state index in [1.165, 1.54) is 16.0 Å². The van der Waals surface area contributed by atoms with Crippen molar-refractivity contribution in [3.63, 3.8) is 0 Å². The third-order valence-electron chi connectivity index (χ3n) is 4.79. The van der Waals surface area contributed by atoms with Crippen molar-refractivity contribution in [1.82, 2.24) is 24.3 Å². The fourth-order valence-electron chi connectivity index (χ4n) is 3.26. The molecule has 0 bridgehead atoms. The summed E-state index contributed by atoms with van der Waals surface area (Å²) in [6.07, 6.45) is 5.23. The molecule has 1 fully saturated rings. The minimum atomic E-state index is -0.332. The Balaban J connectivity index is 1.41. The van der Waals surface area contributed by atoms with Gasteiger partial charge in [0.1, 0.15) is 6.54 Å². The summed E-state index contributed by atoms with van der Waals surface area (Å²) in [6.45, 7) is 1.85. The van der Waals surface area contributed by atoms with Gasteiger partial charge in [0.2, 0.25) is 5.91 Å². The van der Waals surface area contributed by atoms with Crippen LogP contribution in [-0.2, 0) is 11.3 Å². The summed E-state index contributed by atoms with van der Waals surface area (Å²) in [6, 6.07) is 9.75. The van der Waals surface area contributed by atoms with E-state index in [1.807, 2.05) is 31.2 Å². The molecule has 0 saturated heterocycles. The van der Waals surface area contributed by atoms with Gasteiger partial charge in [-0.15, -0.1) is 5.10 Å². The van der Waals surface area contributed by atoms with Crippen molar-refractivity contribution in [1.29, 1.82) is 0 Å². The van der Waals surface area contributed by atoms with E-state index in [1.54, 1.807) is 23.0 Å². The number of benzene rings is 1. The van der Waals surface area contributed by atoms with Gasteiger partial charge in [-0.25, -0.2) is 14.5 Å². The molecule has 9 heteroatoms. The number of carbonyl (C=O) groups excluding carboxylic acids is 1. The first-order valence-corrected chi connectivity index (χ1v) is 10.2. The highest BCUT2D eigenvalue weighted by Gasteiger charge is 2.30. The molecule has 0 unspecified atom stereocenters. The van der Waals surface area contributed by atoms with E-state index in [2.05, 4.69) is 20.4 Å². The van der Waals surface area contributed by atoms with Gasteiger partial charge < -0.3 is 5.32 Å². The molecule has 1 N–H and O–H groups in total. The smallest absolute Gasteiger partial charge is 0.300 e. The molecule has 146 valence electrons. The van der Waals surface area contributed by atoms with Gasteiger partial charge in [-0.2, -0.15) is 0 Å².